The molecule has 2 amide bonds. The van der Waals surface area contributed by atoms with E-state index in [2.05, 4.69) is 5.32 Å². The van der Waals surface area contributed by atoms with Crippen LogP contribution in [-0.4, -0.2) is 36.7 Å². The Morgan fingerprint density at radius 3 is 2.78 bits per heavy atom. The molecule has 0 aliphatic carbocycles. The quantitative estimate of drug-likeness (QED) is 0.698. The highest BCUT2D eigenvalue weighted by Gasteiger charge is 2.16. The summed E-state index contributed by atoms with van der Waals surface area (Å²) in [5, 5.41) is 11.9. The average Bonchev–Trinajstić information content (AvgIpc) is 2.34. The molecule has 0 bridgehead atoms. The minimum absolute atomic E-state index is 0.249. The second-order valence-corrected chi connectivity index (χ2v) is 3.91. The molecule has 1 aromatic rings. The van der Waals surface area contributed by atoms with Crippen molar-refractivity contribution >= 4 is 23.4 Å². The number of nitrogens with one attached hydrogen (secondary N) is 1. The minimum Gasteiger partial charge on any atom is -0.496 e. The zero-order chi connectivity index (χ0) is 13.7. The summed E-state index contributed by atoms with van der Waals surface area (Å²) < 4.78 is 5.00. The Morgan fingerprint density at radius 1 is 1.56 bits per heavy atom. The summed E-state index contributed by atoms with van der Waals surface area (Å²) in [5.74, 6) is -1.10. The van der Waals surface area contributed by atoms with E-state index in [0.29, 0.717) is 10.8 Å². The number of methoxy groups -OCH3 is 1. The Balaban J connectivity index is 2.75. The molecule has 0 aromatic heterocycles. The molecule has 1 atom stereocenters. The first-order valence-corrected chi connectivity index (χ1v) is 5.42. The summed E-state index contributed by atoms with van der Waals surface area (Å²) in [6, 6.07) is 4.50. The van der Waals surface area contributed by atoms with E-state index in [1.54, 1.807) is 0 Å². The van der Waals surface area contributed by atoms with Gasteiger partial charge in [-0.25, -0.2) is 0 Å². The van der Waals surface area contributed by atoms with Gasteiger partial charge in [0.05, 0.1) is 19.2 Å². The highest BCUT2D eigenvalue weighted by Crippen LogP contribution is 2.22. The highest BCUT2D eigenvalue weighted by molar-refractivity contribution is 6.30. The highest BCUT2D eigenvalue weighted by atomic mass is 35.5. The molecule has 0 aliphatic heterocycles. The van der Waals surface area contributed by atoms with Gasteiger partial charge in [-0.1, -0.05) is 11.6 Å². The monoisotopic (exact) mass is 272 g/mol. The van der Waals surface area contributed by atoms with Crippen LogP contribution in [0.2, 0.25) is 5.02 Å². The average molecular weight is 273 g/mol. The third-order valence-corrected chi connectivity index (χ3v) is 2.43. The number of nitrogens with two attached hydrogens (primary N) is 1. The Hall–Kier alpha value is -1.79. The molecule has 0 saturated heterocycles. The molecule has 1 unspecified atom stereocenters. The molecule has 4 N–H and O–H groups in total. The number of amides is 2. The molecular weight excluding hydrogens is 260 g/mol. The van der Waals surface area contributed by atoms with Crippen LogP contribution in [0.25, 0.3) is 0 Å². The van der Waals surface area contributed by atoms with Crippen molar-refractivity contribution in [3.8, 4) is 5.75 Å². The van der Waals surface area contributed by atoms with Crippen molar-refractivity contribution in [2.45, 2.75) is 6.10 Å². The number of hydrogen-bond acceptors (Lipinski definition) is 4. The van der Waals surface area contributed by atoms with Gasteiger partial charge >= 0.3 is 0 Å². The van der Waals surface area contributed by atoms with E-state index in [1.807, 2.05) is 0 Å². The molecule has 98 valence electrons. The molecule has 1 rings (SSSR count). The molecule has 18 heavy (non-hydrogen) atoms. The Bertz CT molecular complexity index is 464. The van der Waals surface area contributed by atoms with Gasteiger partial charge in [0.25, 0.3) is 5.91 Å². The summed E-state index contributed by atoms with van der Waals surface area (Å²) in [7, 11) is 1.40. The number of aliphatic hydroxyl groups excluding tert-OH is 1. The predicted octanol–water partition coefficient (Wildman–Crippen LogP) is -0.0754. The van der Waals surface area contributed by atoms with Crippen molar-refractivity contribution in [1.29, 1.82) is 0 Å². The number of rotatable bonds is 5. The zero-order valence-electron chi connectivity index (χ0n) is 9.64. The maximum Gasteiger partial charge on any atom is 0.255 e. The Morgan fingerprint density at radius 2 is 2.22 bits per heavy atom. The standard InChI is InChI=1S/C11H13ClN2O4/c1-18-9-4-6(12)2-3-7(9)11(17)14-5-8(15)10(13)16/h2-4,8,15H,5H2,1H3,(H2,13,16)(H,14,17). The molecule has 0 fully saturated rings. The summed E-state index contributed by atoms with van der Waals surface area (Å²) in [5.41, 5.74) is 5.10. The fraction of sp³-hybridized carbons (Fsp3) is 0.273. The van der Waals surface area contributed by atoms with Gasteiger partial charge in [0.2, 0.25) is 5.91 Å². The van der Waals surface area contributed by atoms with Crippen LogP contribution >= 0.6 is 11.6 Å². The van der Waals surface area contributed by atoms with Crippen LogP contribution in [0.1, 0.15) is 10.4 Å². The predicted molar refractivity (Wildman–Crippen MR) is 65.5 cm³/mol. The van der Waals surface area contributed by atoms with Gasteiger partial charge in [0.1, 0.15) is 11.9 Å². The van der Waals surface area contributed by atoms with E-state index in [-0.39, 0.29) is 12.1 Å². The second kappa shape index (κ2) is 6.23. The first kappa shape index (κ1) is 14.3. The van der Waals surface area contributed by atoms with Crippen molar-refractivity contribution in [2.75, 3.05) is 13.7 Å². The molecule has 0 heterocycles. The summed E-state index contributed by atoms with van der Waals surface area (Å²) in [4.78, 5) is 22.4. The number of carbonyl (C=O) groups excluding carboxylic acids is 2. The van der Waals surface area contributed by atoms with E-state index >= 15 is 0 Å². The van der Waals surface area contributed by atoms with Crippen molar-refractivity contribution in [3.05, 3.63) is 28.8 Å². The van der Waals surface area contributed by atoms with E-state index in [0.717, 1.165) is 0 Å². The van der Waals surface area contributed by atoms with Gasteiger partial charge in [-0.2, -0.15) is 0 Å². The second-order valence-electron chi connectivity index (χ2n) is 3.47. The van der Waals surface area contributed by atoms with Crippen molar-refractivity contribution in [3.63, 3.8) is 0 Å². The normalized spacial score (nSPS) is 11.7. The Labute approximate surface area is 109 Å². The lowest BCUT2D eigenvalue weighted by molar-refractivity contribution is -0.125. The number of ether oxygens (including phenoxy) is 1. The van der Waals surface area contributed by atoms with E-state index < -0.39 is 17.9 Å². The third-order valence-electron chi connectivity index (χ3n) is 2.19. The van der Waals surface area contributed by atoms with Gasteiger partial charge in [-0.05, 0) is 18.2 Å². The van der Waals surface area contributed by atoms with Crippen LogP contribution in [0.15, 0.2) is 18.2 Å². The lowest BCUT2D eigenvalue weighted by atomic mass is 10.2. The molecule has 7 heteroatoms. The maximum absolute atomic E-state index is 11.8. The van der Waals surface area contributed by atoms with Gasteiger partial charge in [-0.15, -0.1) is 0 Å². The largest absolute Gasteiger partial charge is 0.496 e. The number of benzene rings is 1. The number of carbonyl (C=O) groups is 2. The number of aliphatic hydroxyl groups is 1. The Kier molecular flexibility index (Phi) is 4.94. The molecule has 0 spiro atoms. The topological polar surface area (TPSA) is 102 Å². The fourth-order valence-corrected chi connectivity index (χ4v) is 1.40. The molecule has 6 nitrogen and oxygen atoms in total. The van der Waals surface area contributed by atoms with Crippen molar-refractivity contribution in [2.24, 2.45) is 5.73 Å². The lowest BCUT2D eigenvalue weighted by Crippen LogP contribution is -2.40. The fourth-order valence-electron chi connectivity index (χ4n) is 1.24. The smallest absolute Gasteiger partial charge is 0.255 e. The van der Waals surface area contributed by atoms with Crippen molar-refractivity contribution in [1.82, 2.24) is 5.32 Å². The molecular formula is C11H13ClN2O4. The van der Waals surface area contributed by atoms with E-state index in [1.165, 1.54) is 25.3 Å². The van der Waals surface area contributed by atoms with E-state index in [4.69, 9.17) is 27.2 Å². The van der Waals surface area contributed by atoms with Crippen LogP contribution in [0.5, 0.6) is 5.75 Å². The minimum atomic E-state index is -1.42. The van der Waals surface area contributed by atoms with Gasteiger partial charge in [0.15, 0.2) is 0 Å². The van der Waals surface area contributed by atoms with E-state index in [9.17, 15) is 9.59 Å². The molecule has 0 saturated carbocycles. The first-order valence-electron chi connectivity index (χ1n) is 5.04. The zero-order valence-corrected chi connectivity index (χ0v) is 10.4. The summed E-state index contributed by atoms with van der Waals surface area (Å²) in [6.45, 7) is -0.264. The first-order chi connectivity index (χ1) is 8.45. The van der Waals surface area contributed by atoms with Gasteiger partial charge in [-0.3, -0.25) is 9.59 Å². The maximum atomic E-state index is 11.8. The SMILES string of the molecule is COc1cc(Cl)ccc1C(=O)NCC(O)C(N)=O. The van der Waals surface area contributed by atoms with Crippen LogP contribution in [0, 0.1) is 0 Å². The van der Waals surface area contributed by atoms with Crippen LogP contribution in [0.3, 0.4) is 0 Å². The number of primary amides is 1. The van der Waals surface area contributed by atoms with Gasteiger partial charge in [0, 0.05) is 5.02 Å². The van der Waals surface area contributed by atoms with Crippen LogP contribution < -0.4 is 15.8 Å². The number of halogens is 1. The third kappa shape index (κ3) is 3.61. The van der Waals surface area contributed by atoms with Crippen molar-refractivity contribution < 1.29 is 19.4 Å². The molecule has 1 aromatic carbocycles. The summed E-state index contributed by atoms with van der Waals surface area (Å²) in [6.07, 6.45) is -1.42. The van der Waals surface area contributed by atoms with Crippen LogP contribution in [0.4, 0.5) is 0 Å². The van der Waals surface area contributed by atoms with Crippen LogP contribution in [-0.2, 0) is 4.79 Å². The van der Waals surface area contributed by atoms with Gasteiger partial charge < -0.3 is 20.9 Å². The summed E-state index contributed by atoms with van der Waals surface area (Å²) >= 11 is 5.76. The lowest BCUT2D eigenvalue weighted by Gasteiger charge is -2.11. The molecule has 0 aliphatic rings. The molecule has 0 radical (unpaired) electrons. The number of hydrogen-bond donors (Lipinski definition) is 3.